The normalized spacial score (nSPS) is 10.2. The molecule has 0 spiro atoms. The fourth-order valence-electron chi connectivity index (χ4n) is 1.58. The van der Waals surface area contributed by atoms with Crippen LogP contribution in [-0.4, -0.2) is 5.97 Å². The van der Waals surface area contributed by atoms with E-state index >= 15 is 0 Å². The van der Waals surface area contributed by atoms with Gasteiger partial charge in [-0.15, -0.1) is 0 Å². The van der Waals surface area contributed by atoms with Crippen LogP contribution in [0.1, 0.15) is 21.5 Å². The monoisotopic (exact) mass is 304 g/mol. The van der Waals surface area contributed by atoms with E-state index in [9.17, 15) is 4.79 Å². The highest BCUT2D eigenvalue weighted by molar-refractivity contribution is 9.10. The lowest BCUT2D eigenvalue weighted by Crippen LogP contribution is -2.09. The molecule has 0 bridgehead atoms. The SMILES string of the molecule is Cc1ccc(C(=O)Oc2ccc(Br)cc2C)cc1. The number of ether oxygens (including phenoxy) is 1. The predicted molar refractivity (Wildman–Crippen MR) is 75.0 cm³/mol. The van der Waals surface area contributed by atoms with Gasteiger partial charge < -0.3 is 4.74 Å². The van der Waals surface area contributed by atoms with Crippen LogP contribution in [0.4, 0.5) is 0 Å². The Hall–Kier alpha value is -1.61. The lowest BCUT2D eigenvalue weighted by atomic mass is 10.1. The molecule has 0 N–H and O–H groups in total. The molecular formula is C15H13BrO2. The zero-order chi connectivity index (χ0) is 13.1. The van der Waals surface area contributed by atoms with Crippen molar-refractivity contribution in [1.29, 1.82) is 0 Å². The van der Waals surface area contributed by atoms with Gasteiger partial charge in [0.15, 0.2) is 0 Å². The van der Waals surface area contributed by atoms with Gasteiger partial charge in [-0.1, -0.05) is 33.6 Å². The summed E-state index contributed by atoms with van der Waals surface area (Å²) in [5.74, 6) is 0.254. The van der Waals surface area contributed by atoms with Crippen LogP contribution in [0.5, 0.6) is 5.75 Å². The smallest absolute Gasteiger partial charge is 0.343 e. The highest BCUT2D eigenvalue weighted by Crippen LogP contribution is 2.23. The van der Waals surface area contributed by atoms with Crippen molar-refractivity contribution >= 4 is 21.9 Å². The number of hydrogen-bond donors (Lipinski definition) is 0. The molecule has 0 aliphatic rings. The quantitative estimate of drug-likeness (QED) is 0.611. The van der Waals surface area contributed by atoms with Gasteiger partial charge in [0.1, 0.15) is 5.75 Å². The fraction of sp³-hybridized carbons (Fsp3) is 0.133. The zero-order valence-corrected chi connectivity index (χ0v) is 11.8. The van der Waals surface area contributed by atoms with E-state index in [0.29, 0.717) is 11.3 Å². The molecule has 2 nitrogen and oxygen atoms in total. The summed E-state index contributed by atoms with van der Waals surface area (Å²) >= 11 is 3.37. The first-order chi connectivity index (χ1) is 8.56. The Labute approximate surface area is 115 Å². The number of benzene rings is 2. The Morgan fingerprint density at radius 3 is 2.33 bits per heavy atom. The second-order valence-electron chi connectivity index (χ2n) is 4.17. The maximum atomic E-state index is 11.9. The van der Waals surface area contributed by atoms with E-state index in [1.165, 1.54) is 0 Å². The Kier molecular flexibility index (Phi) is 3.82. The van der Waals surface area contributed by atoms with Gasteiger partial charge in [-0.2, -0.15) is 0 Å². The summed E-state index contributed by atoms with van der Waals surface area (Å²) in [6, 6.07) is 12.9. The minimum atomic E-state index is -0.333. The maximum absolute atomic E-state index is 11.9. The third-order valence-electron chi connectivity index (χ3n) is 2.63. The maximum Gasteiger partial charge on any atom is 0.343 e. The first-order valence-electron chi connectivity index (χ1n) is 5.61. The van der Waals surface area contributed by atoms with Crippen molar-refractivity contribution in [2.24, 2.45) is 0 Å². The molecule has 0 fully saturated rings. The molecule has 0 saturated heterocycles. The second kappa shape index (κ2) is 5.36. The van der Waals surface area contributed by atoms with Gasteiger partial charge in [0.25, 0.3) is 0 Å². The largest absolute Gasteiger partial charge is 0.423 e. The molecule has 0 aromatic heterocycles. The summed E-state index contributed by atoms with van der Waals surface area (Å²) in [7, 11) is 0. The van der Waals surface area contributed by atoms with Crippen molar-refractivity contribution in [1.82, 2.24) is 0 Å². The zero-order valence-electron chi connectivity index (χ0n) is 10.2. The van der Waals surface area contributed by atoms with E-state index in [-0.39, 0.29) is 5.97 Å². The first kappa shape index (κ1) is 12.8. The molecule has 0 aliphatic heterocycles. The Balaban J connectivity index is 2.18. The molecule has 18 heavy (non-hydrogen) atoms. The van der Waals surface area contributed by atoms with Crippen LogP contribution in [0, 0.1) is 13.8 Å². The summed E-state index contributed by atoms with van der Waals surface area (Å²) in [6.45, 7) is 3.89. The Bertz CT molecular complexity index is 574. The van der Waals surface area contributed by atoms with Crippen molar-refractivity contribution < 1.29 is 9.53 Å². The van der Waals surface area contributed by atoms with Crippen molar-refractivity contribution in [3.63, 3.8) is 0 Å². The molecule has 92 valence electrons. The van der Waals surface area contributed by atoms with E-state index in [2.05, 4.69) is 15.9 Å². The molecule has 0 radical (unpaired) electrons. The molecule has 0 amide bonds. The van der Waals surface area contributed by atoms with Crippen LogP contribution in [-0.2, 0) is 0 Å². The Morgan fingerprint density at radius 1 is 1.06 bits per heavy atom. The van der Waals surface area contributed by atoms with E-state index in [1.807, 2.05) is 38.1 Å². The number of carbonyl (C=O) groups is 1. The molecule has 3 heteroatoms. The standard InChI is InChI=1S/C15H13BrO2/c1-10-3-5-12(6-4-10)15(17)18-14-8-7-13(16)9-11(14)2/h3-9H,1-2H3. The number of halogens is 1. The third kappa shape index (κ3) is 2.99. The number of carbonyl (C=O) groups excluding carboxylic acids is 1. The number of rotatable bonds is 2. The summed E-state index contributed by atoms with van der Waals surface area (Å²) < 4.78 is 6.33. The molecule has 2 rings (SSSR count). The lowest BCUT2D eigenvalue weighted by molar-refractivity contribution is 0.0733. The van der Waals surface area contributed by atoms with Crippen molar-refractivity contribution in [2.45, 2.75) is 13.8 Å². The minimum absolute atomic E-state index is 0.333. The first-order valence-corrected chi connectivity index (χ1v) is 6.40. The van der Waals surface area contributed by atoms with Gasteiger partial charge in [0, 0.05) is 4.47 Å². The van der Waals surface area contributed by atoms with E-state index in [1.54, 1.807) is 18.2 Å². The van der Waals surface area contributed by atoms with Crippen LogP contribution in [0.2, 0.25) is 0 Å². The van der Waals surface area contributed by atoms with Crippen LogP contribution < -0.4 is 4.74 Å². The van der Waals surface area contributed by atoms with E-state index in [0.717, 1.165) is 15.6 Å². The number of hydrogen-bond acceptors (Lipinski definition) is 2. The fourth-order valence-corrected chi connectivity index (χ4v) is 2.05. The summed E-state index contributed by atoms with van der Waals surface area (Å²) in [6.07, 6.45) is 0. The summed E-state index contributed by atoms with van der Waals surface area (Å²) in [5.41, 5.74) is 2.60. The minimum Gasteiger partial charge on any atom is -0.423 e. The topological polar surface area (TPSA) is 26.3 Å². The van der Waals surface area contributed by atoms with Gasteiger partial charge in [0.2, 0.25) is 0 Å². The van der Waals surface area contributed by atoms with Crippen molar-refractivity contribution in [3.8, 4) is 5.75 Å². The predicted octanol–water partition coefficient (Wildman–Crippen LogP) is 4.29. The van der Waals surface area contributed by atoms with Crippen LogP contribution in [0.3, 0.4) is 0 Å². The Morgan fingerprint density at radius 2 is 1.72 bits per heavy atom. The van der Waals surface area contributed by atoms with Crippen molar-refractivity contribution in [2.75, 3.05) is 0 Å². The highest BCUT2D eigenvalue weighted by Gasteiger charge is 2.09. The van der Waals surface area contributed by atoms with Crippen molar-refractivity contribution in [3.05, 3.63) is 63.6 Å². The van der Waals surface area contributed by atoms with Gasteiger partial charge in [-0.25, -0.2) is 4.79 Å². The van der Waals surface area contributed by atoms with Gasteiger partial charge >= 0.3 is 5.97 Å². The molecule has 0 aliphatic carbocycles. The molecule has 2 aromatic rings. The van der Waals surface area contributed by atoms with Crippen LogP contribution in [0.25, 0.3) is 0 Å². The number of esters is 1. The average molecular weight is 305 g/mol. The summed E-state index contributed by atoms with van der Waals surface area (Å²) in [5, 5.41) is 0. The molecule has 0 unspecified atom stereocenters. The molecule has 0 atom stereocenters. The lowest BCUT2D eigenvalue weighted by Gasteiger charge is -2.07. The second-order valence-corrected chi connectivity index (χ2v) is 5.08. The van der Waals surface area contributed by atoms with Crippen LogP contribution in [0.15, 0.2) is 46.9 Å². The molecular weight excluding hydrogens is 292 g/mol. The van der Waals surface area contributed by atoms with Crippen LogP contribution >= 0.6 is 15.9 Å². The van der Waals surface area contributed by atoms with Gasteiger partial charge in [-0.05, 0) is 49.7 Å². The highest BCUT2D eigenvalue weighted by atomic mass is 79.9. The van der Waals surface area contributed by atoms with Gasteiger partial charge in [-0.3, -0.25) is 0 Å². The average Bonchev–Trinajstić information content (AvgIpc) is 2.33. The third-order valence-corrected chi connectivity index (χ3v) is 3.12. The van der Waals surface area contributed by atoms with Gasteiger partial charge in [0.05, 0.1) is 5.56 Å². The number of aryl methyl sites for hydroxylation is 2. The molecule has 0 saturated carbocycles. The van der Waals surface area contributed by atoms with E-state index < -0.39 is 0 Å². The molecule has 2 aromatic carbocycles. The van der Waals surface area contributed by atoms with E-state index in [4.69, 9.17) is 4.74 Å². The summed E-state index contributed by atoms with van der Waals surface area (Å²) in [4.78, 5) is 11.9. The molecule has 0 heterocycles.